The van der Waals surface area contributed by atoms with Gasteiger partial charge in [-0.25, -0.2) is 0 Å². The Morgan fingerprint density at radius 1 is 0.688 bits per heavy atom. The summed E-state index contributed by atoms with van der Waals surface area (Å²) in [6, 6.07) is 21.3. The van der Waals surface area contributed by atoms with Gasteiger partial charge in [-0.2, -0.15) is 10.2 Å². The normalized spacial score (nSPS) is 13.2. The Labute approximate surface area is 198 Å². The zero-order valence-electron chi connectivity index (χ0n) is 21.4. The molecule has 0 aliphatic carbocycles. The van der Waals surface area contributed by atoms with E-state index >= 15 is 0 Å². The molecular weight excluding hydrogens is 424 g/mol. The summed E-state index contributed by atoms with van der Waals surface area (Å²) < 4.78 is 4.68. The SMILES string of the molecule is CCCC(=N\N(Cc1ccccc1)[Si](C)(C)C)/C(C)=N/N(Cc1ccccc1)[Si](C)(C)C. The van der Waals surface area contributed by atoms with E-state index in [1.807, 2.05) is 0 Å². The van der Waals surface area contributed by atoms with E-state index in [1.54, 1.807) is 0 Å². The first-order chi connectivity index (χ1) is 15.0. The van der Waals surface area contributed by atoms with Gasteiger partial charge in [-0.1, -0.05) is 113 Å². The summed E-state index contributed by atoms with van der Waals surface area (Å²) in [6.45, 7) is 20.2. The molecule has 6 heteroatoms. The van der Waals surface area contributed by atoms with Crippen LogP contribution in [0.1, 0.15) is 37.8 Å². The smallest absolute Gasteiger partial charge is 0.169 e. The van der Waals surface area contributed by atoms with Crippen molar-refractivity contribution in [3.63, 3.8) is 0 Å². The molecule has 0 radical (unpaired) electrons. The van der Waals surface area contributed by atoms with E-state index < -0.39 is 16.5 Å². The van der Waals surface area contributed by atoms with Crippen LogP contribution in [0.25, 0.3) is 0 Å². The predicted octanol–water partition coefficient (Wildman–Crippen LogP) is 7.19. The van der Waals surface area contributed by atoms with Gasteiger partial charge in [0, 0.05) is 0 Å². The fourth-order valence-electron chi connectivity index (χ4n) is 3.28. The highest BCUT2D eigenvalue weighted by molar-refractivity contribution is 6.73. The molecule has 2 rings (SSSR count). The molecule has 0 fully saturated rings. The Kier molecular flexibility index (Phi) is 9.46. The number of benzene rings is 2. The first-order valence-electron chi connectivity index (χ1n) is 11.8. The van der Waals surface area contributed by atoms with Crippen molar-refractivity contribution in [2.75, 3.05) is 0 Å². The summed E-state index contributed by atoms with van der Waals surface area (Å²) in [4.78, 5) is 0. The van der Waals surface area contributed by atoms with Crippen LogP contribution in [0.2, 0.25) is 39.3 Å². The van der Waals surface area contributed by atoms with Gasteiger partial charge in [-0.15, -0.1) is 0 Å². The molecule has 0 N–H and O–H groups in total. The highest BCUT2D eigenvalue weighted by Gasteiger charge is 2.26. The van der Waals surface area contributed by atoms with Crippen molar-refractivity contribution in [1.82, 2.24) is 9.35 Å². The highest BCUT2D eigenvalue weighted by Crippen LogP contribution is 2.18. The Morgan fingerprint density at radius 2 is 1.09 bits per heavy atom. The maximum Gasteiger partial charge on any atom is 0.169 e. The second-order valence-corrected chi connectivity index (χ2v) is 20.1. The van der Waals surface area contributed by atoms with Crippen LogP contribution in [-0.4, -0.2) is 37.2 Å². The van der Waals surface area contributed by atoms with Gasteiger partial charge >= 0.3 is 0 Å². The Balaban J connectivity index is 2.38. The lowest BCUT2D eigenvalue weighted by atomic mass is 10.1. The lowest BCUT2D eigenvalue weighted by Crippen LogP contribution is -2.44. The summed E-state index contributed by atoms with van der Waals surface area (Å²) in [6.07, 6.45) is 2.00. The van der Waals surface area contributed by atoms with Gasteiger partial charge in [0.05, 0.1) is 24.5 Å². The van der Waals surface area contributed by atoms with Crippen LogP contribution in [0.5, 0.6) is 0 Å². The average Bonchev–Trinajstić information content (AvgIpc) is 2.72. The monoisotopic (exact) mass is 466 g/mol. The molecule has 32 heavy (non-hydrogen) atoms. The van der Waals surface area contributed by atoms with E-state index in [-0.39, 0.29) is 0 Å². The zero-order valence-corrected chi connectivity index (χ0v) is 23.4. The predicted molar refractivity (Wildman–Crippen MR) is 146 cm³/mol. The molecule has 2 aromatic carbocycles. The quantitative estimate of drug-likeness (QED) is 0.199. The van der Waals surface area contributed by atoms with Crippen LogP contribution >= 0.6 is 0 Å². The van der Waals surface area contributed by atoms with Gasteiger partial charge in [0.15, 0.2) is 16.5 Å². The van der Waals surface area contributed by atoms with Crippen molar-refractivity contribution in [2.24, 2.45) is 10.2 Å². The standard InChI is InChI=1S/C26H42N4Si2/c1-9-16-26(28-30(32(6,7)8)22-25-19-14-11-15-20-25)23(2)27-29(31(3,4)5)21-24-17-12-10-13-18-24/h10-15,17-20H,9,16,21-22H2,1-8H3/b27-23+,28-26+. The van der Waals surface area contributed by atoms with E-state index in [1.165, 1.54) is 11.1 Å². The maximum absolute atomic E-state index is 5.24. The fraction of sp³-hybridized carbons (Fsp3) is 0.462. The molecule has 4 nitrogen and oxygen atoms in total. The first-order valence-corrected chi connectivity index (χ1v) is 18.7. The minimum absolute atomic E-state index is 0.842. The Hall–Kier alpha value is -2.19. The van der Waals surface area contributed by atoms with Crippen LogP contribution in [0.15, 0.2) is 70.9 Å². The van der Waals surface area contributed by atoms with Gasteiger partial charge in [0.1, 0.15) is 0 Å². The van der Waals surface area contributed by atoms with E-state index in [0.29, 0.717) is 0 Å². The molecule has 0 aliphatic rings. The second kappa shape index (κ2) is 11.6. The maximum atomic E-state index is 5.24. The third kappa shape index (κ3) is 8.39. The van der Waals surface area contributed by atoms with Crippen LogP contribution in [-0.2, 0) is 13.1 Å². The molecule has 0 saturated carbocycles. The number of hydrogen-bond acceptors (Lipinski definition) is 4. The topological polar surface area (TPSA) is 31.2 Å². The summed E-state index contributed by atoms with van der Waals surface area (Å²) in [5, 5.41) is 10.4. The van der Waals surface area contributed by atoms with E-state index in [2.05, 4.69) is 123 Å². The third-order valence-corrected chi connectivity index (χ3v) is 8.93. The third-order valence-electron chi connectivity index (χ3n) is 5.32. The average molecular weight is 467 g/mol. The van der Waals surface area contributed by atoms with Crippen LogP contribution in [0.4, 0.5) is 0 Å². The Morgan fingerprint density at radius 3 is 1.47 bits per heavy atom. The molecule has 174 valence electrons. The molecule has 0 bridgehead atoms. The molecule has 0 amide bonds. The fourth-order valence-corrected chi connectivity index (χ4v) is 5.47. The molecule has 0 aromatic heterocycles. The lowest BCUT2D eigenvalue weighted by Gasteiger charge is -2.34. The van der Waals surface area contributed by atoms with Crippen LogP contribution in [0, 0.1) is 0 Å². The summed E-state index contributed by atoms with van der Waals surface area (Å²) in [5.74, 6) is 0. The molecule has 0 heterocycles. The number of hydrogen-bond donors (Lipinski definition) is 0. The zero-order chi connectivity index (χ0) is 23.8. The largest absolute Gasteiger partial charge is 0.320 e. The van der Waals surface area contributed by atoms with Crippen LogP contribution in [0.3, 0.4) is 0 Å². The first kappa shape index (κ1) is 26.1. The van der Waals surface area contributed by atoms with Gasteiger partial charge in [0.25, 0.3) is 0 Å². The lowest BCUT2D eigenvalue weighted by molar-refractivity contribution is 0.438. The minimum atomic E-state index is -1.66. The second-order valence-electron chi connectivity index (χ2n) is 10.4. The van der Waals surface area contributed by atoms with E-state index in [0.717, 1.165) is 37.4 Å². The van der Waals surface area contributed by atoms with Crippen molar-refractivity contribution in [3.8, 4) is 0 Å². The Bertz CT molecular complexity index is 882. The summed E-state index contributed by atoms with van der Waals surface area (Å²) >= 11 is 0. The molecule has 2 aromatic rings. The summed E-state index contributed by atoms with van der Waals surface area (Å²) in [7, 11) is -3.31. The summed E-state index contributed by atoms with van der Waals surface area (Å²) in [5.41, 5.74) is 4.76. The van der Waals surface area contributed by atoms with Gasteiger partial charge < -0.3 is 9.35 Å². The highest BCUT2D eigenvalue weighted by atomic mass is 28.3. The van der Waals surface area contributed by atoms with Gasteiger partial charge in [-0.3, -0.25) is 0 Å². The van der Waals surface area contributed by atoms with E-state index in [9.17, 15) is 0 Å². The van der Waals surface area contributed by atoms with Gasteiger partial charge in [-0.05, 0) is 24.5 Å². The van der Waals surface area contributed by atoms with Gasteiger partial charge in [0.2, 0.25) is 0 Å². The van der Waals surface area contributed by atoms with Crippen molar-refractivity contribution >= 4 is 27.9 Å². The van der Waals surface area contributed by atoms with E-state index in [4.69, 9.17) is 10.2 Å². The van der Waals surface area contributed by atoms with Crippen molar-refractivity contribution in [3.05, 3.63) is 71.8 Å². The van der Waals surface area contributed by atoms with Crippen molar-refractivity contribution in [2.45, 2.75) is 79.1 Å². The molecule has 0 atom stereocenters. The van der Waals surface area contributed by atoms with Crippen molar-refractivity contribution in [1.29, 1.82) is 0 Å². The number of hydrazone groups is 2. The number of rotatable bonds is 11. The molecule has 0 spiro atoms. The molecular formula is C26H42N4Si2. The number of nitrogens with zero attached hydrogens (tertiary/aromatic N) is 4. The molecule has 0 unspecified atom stereocenters. The van der Waals surface area contributed by atoms with Crippen molar-refractivity contribution < 1.29 is 0 Å². The molecule has 0 aliphatic heterocycles. The minimum Gasteiger partial charge on any atom is -0.320 e. The molecule has 0 saturated heterocycles. The van der Waals surface area contributed by atoms with Crippen LogP contribution < -0.4 is 0 Å².